The first-order chi connectivity index (χ1) is 8.22. The molecule has 0 aliphatic carbocycles. The Morgan fingerprint density at radius 3 is 3.00 bits per heavy atom. The van der Waals surface area contributed by atoms with Crippen LogP contribution in [0.15, 0.2) is 24.3 Å². The van der Waals surface area contributed by atoms with Crippen LogP contribution in [0.25, 0.3) is 0 Å². The second-order valence-electron chi connectivity index (χ2n) is 4.36. The molecule has 4 nitrogen and oxygen atoms in total. The minimum Gasteiger partial charge on any atom is -0.481 e. The Balaban J connectivity index is 2.23. The molecule has 1 saturated heterocycles. The van der Waals surface area contributed by atoms with E-state index in [1.807, 2.05) is 24.3 Å². The molecule has 92 valence electrons. The topological polar surface area (TPSA) is 72.6 Å². The lowest BCUT2D eigenvalue weighted by Crippen LogP contribution is -2.21. The van der Waals surface area contributed by atoms with Gasteiger partial charge in [0, 0.05) is 19.1 Å². The summed E-state index contributed by atoms with van der Waals surface area (Å²) in [5.41, 5.74) is 7.44. The molecule has 4 heteroatoms. The Bertz CT molecular complexity index is 399. The van der Waals surface area contributed by atoms with E-state index in [9.17, 15) is 4.79 Å². The minimum absolute atomic E-state index is 0.125. The van der Waals surface area contributed by atoms with Crippen molar-refractivity contribution in [2.75, 3.05) is 19.8 Å². The molecule has 1 fully saturated rings. The Kier molecular flexibility index (Phi) is 3.76. The minimum atomic E-state index is -0.868. The Morgan fingerprint density at radius 1 is 1.59 bits per heavy atom. The normalized spacial score (nSPS) is 21.4. The fraction of sp³-hybridized carbons (Fsp3) is 0.462. The van der Waals surface area contributed by atoms with Crippen LogP contribution in [0.2, 0.25) is 0 Å². The van der Waals surface area contributed by atoms with E-state index < -0.39 is 11.9 Å². The number of nitrogens with two attached hydrogens (primary N) is 1. The highest BCUT2D eigenvalue weighted by atomic mass is 16.5. The van der Waals surface area contributed by atoms with Gasteiger partial charge in [-0.1, -0.05) is 24.3 Å². The second-order valence-corrected chi connectivity index (χ2v) is 4.36. The highest BCUT2D eigenvalue weighted by Crippen LogP contribution is 2.27. The zero-order valence-corrected chi connectivity index (χ0v) is 9.63. The summed E-state index contributed by atoms with van der Waals surface area (Å²) < 4.78 is 5.34. The molecule has 1 aliphatic rings. The van der Waals surface area contributed by atoms with Gasteiger partial charge in [0.15, 0.2) is 0 Å². The van der Waals surface area contributed by atoms with Crippen LogP contribution < -0.4 is 5.73 Å². The maximum Gasteiger partial charge on any atom is 0.312 e. The Hall–Kier alpha value is -1.39. The molecular formula is C13H17NO3. The number of carbonyl (C=O) groups is 1. The molecule has 0 spiro atoms. The molecule has 0 aromatic heterocycles. The zero-order valence-electron chi connectivity index (χ0n) is 9.63. The smallest absolute Gasteiger partial charge is 0.312 e. The molecular weight excluding hydrogens is 218 g/mol. The average Bonchev–Trinajstić information content (AvgIpc) is 2.83. The van der Waals surface area contributed by atoms with E-state index >= 15 is 0 Å². The maximum absolute atomic E-state index is 11.1. The van der Waals surface area contributed by atoms with Gasteiger partial charge in [-0.15, -0.1) is 0 Å². The number of aliphatic carboxylic acids is 1. The summed E-state index contributed by atoms with van der Waals surface area (Å²) in [4.78, 5) is 11.1. The highest BCUT2D eigenvalue weighted by molar-refractivity contribution is 5.76. The third-order valence-corrected chi connectivity index (χ3v) is 3.25. The summed E-state index contributed by atoms with van der Waals surface area (Å²) in [6.07, 6.45) is 1.00. The summed E-state index contributed by atoms with van der Waals surface area (Å²) >= 11 is 0. The van der Waals surface area contributed by atoms with E-state index in [1.54, 1.807) is 0 Å². The molecule has 0 radical (unpaired) electrons. The molecule has 1 aromatic carbocycles. The number of benzene rings is 1. The summed E-state index contributed by atoms with van der Waals surface area (Å²) in [7, 11) is 0. The van der Waals surface area contributed by atoms with Gasteiger partial charge < -0.3 is 15.6 Å². The zero-order chi connectivity index (χ0) is 12.3. The molecule has 0 bridgehead atoms. The Labute approximate surface area is 100 Å². The van der Waals surface area contributed by atoms with Gasteiger partial charge in [-0.3, -0.25) is 4.79 Å². The van der Waals surface area contributed by atoms with Crippen LogP contribution >= 0.6 is 0 Å². The molecule has 2 unspecified atom stereocenters. The van der Waals surface area contributed by atoms with Crippen molar-refractivity contribution in [1.29, 1.82) is 0 Å². The standard InChI is InChI=1S/C13H17NO3/c14-7-12(13(15)16)10-3-1-2-9(6-10)11-4-5-17-8-11/h1-3,6,11-12H,4-5,7-8,14H2,(H,15,16). The number of hydrogen-bond acceptors (Lipinski definition) is 3. The van der Waals surface area contributed by atoms with Crippen molar-refractivity contribution in [3.05, 3.63) is 35.4 Å². The van der Waals surface area contributed by atoms with Gasteiger partial charge in [-0.05, 0) is 17.5 Å². The molecule has 2 atom stereocenters. The largest absolute Gasteiger partial charge is 0.481 e. The summed E-state index contributed by atoms with van der Waals surface area (Å²) in [5.74, 6) is -1.09. The fourth-order valence-corrected chi connectivity index (χ4v) is 2.21. The monoisotopic (exact) mass is 235 g/mol. The quantitative estimate of drug-likeness (QED) is 0.825. The number of carboxylic acids is 1. The van der Waals surface area contributed by atoms with Gasteiger partial charge >= 0.3 is 5.97 Å². The van der Waals surface area contributed by atoms with E-state index in [1.165, 1.54) is 0 Å². The van der Waals surface area contributed by atoms with Gasteiger partial charge in [-0.25, -0.2) is 0 Å². The molecule has 1 aromatic rings. The van der Waals surface area contributed by atoms with Gasteiger partial charge in [-0.2, -0.15) is 0 Å². The van der Waals surface area contributed by atoms with Crippen molar-refractivity contribution < 1.29 is 14.6 Å². The first-order valence-corrected chi connectivity index (χ1v) is 5.83. The van der Waals surface area contributed by atoms with Crippen LogP contribution in [-0.4, -0.2) is 30.8 Å². The van der Waals surface area contributed by atoms with Crippen LogP contribution in [0.1, 0.15) is 29.4 Å². The first-order valence-electron chi connectivity index (χ1n) is 5.83. The molecule has 17 heavy (non-hydrogen) atoms. The van der Waals surface area contributed by atoms with Crippen molar-refractivity contribution in [3.8, 4) is 0 Å². The van der Waals surface area contributed by atoms with Crippen LogP contribution in [-0.2, 0) is 9.53 Å². The van der Waals surface area contributed by atoms with Gasteiger partial charge in [0.05, 0.1) is 12.5 Å². The number of ether oxygens (including phenoxy) is 1. The van der Waals surface area contributed by atoms with E-state index in [-0.39, 0.29) is 6.54 Å². The lowest BCUT2D eigenvalue weighted by Gasteiger charge is -2.14. The molecule has 1 heterocycles. The second kappa shape index (κ2) is 5.29. The van der Waals surface area contributed by atoms with Crippen molar-refractivity contribution in [2.45, 2.75) is 18.3 Å². The summed E-state index contributed by atoms with van der Waals surface area (Å²) in [6, 6.07) is 7.70. The highest BCUT2D eigenvalue weighted by Gasteiger charge is 2.21. The predicted molar refractivity (Wildman–Crippen MR) is 64.1 cm³/mol. The lowest BCUT2D eigenvalue weighted by molar-refractivity contribution is -0.138. The Morgan fingerprint density at radius 2 is 2.41 bits per heavy atom. The van der Waals surface area contributed by atoms with Crippen LogP contribution in [0.5, 0.6) is 0 Å². The van der Waals surface area contributed by atoms with E-state index in [0.29, 0.717) is 5.92 Å². The van der Waals surface area contributed by atoms with Crippen LogP contribution in [0.3, 0.4) is 0 Å². The summed E-state index contributed by atoms with van der Waals surface area (Å²) in [5, 5.41) is 9.08. The number of rotatable bonds is 4. The third kappa shape index (κ3) is 2.65. The molecule has 2 rings (SSSR count). The lowest BCUT2D eigenvalue weighted by atomic mass is 9.92. The fourth-order valence-electron chi connectivity index (χ4n) is 2.21. The van der Waals surface area contributed by atoms with E-state index in [2.05, 4.69) is 0 Å². The molecule has 3 N–H and O–H groups in total. The number of carboxylic acid groups (broad SMARTS) is 1. The van der Waals surface area contributed by atoms with Crippen LogP contribution in [0, 0.1) is 0 Å². The van der Waals surface area contributed by atoms with Crippen molar-refractivity contribution in [2.24, 2.45) is 5.73 Å². The number of hydrogen-bond donors (Lipinski definition) is 2. The SMILES string of the molecule is NCC(C(=O)O)c1cccc(C2CCOC2)c1. The van der Waals surface area contributed by atoms with Crippen molar-refractivity contribution in [1.82, 2.24) is 0 Å². The predicted octanol–water partition coefficient (Wildman–Crippen LogP) is 1.32. The molecule has 0 saturated carbocycles. The first kappa shape index (κ1) is 12.1. The van der Waals surface area contributed by atoms with Gasteiger partial charge in [0.1, 0.15) is 0 Å². The maximum atomic E-state index is 11.1. The van der Waals surface area contributed by atoms with Crippen LogP contribution in [0.4, 0.5) is 0 Å². The molecule has 0 amide bonds. The van der Waals surface area contributed by atoms with E-state index in [0.717, 1.165) is 30.8 Å². The average molecular weight is 235 g/mol. The summed E-state index contributed by atoms with van der Waals surface area (Å²) in [6.45, 7) is 1.64. The van der Waals surface area contributed by atoms with Gasteiger partial charge in [0.25, 0.3) is 0 Å². The third-order valence-electron chi connectivity index (χ3n) is 3.25. The molecule has 1 aliphatic heterocycles. The van der Waals surface area contributed by atoms with Gasteiger partial charge in [0.2, 0.25) is 0 Å². The van der Waals surface area contributed by atoms with Crippen molar-refractivity contribution >= 4 is 5.97 Å². The van der Waals surface area contributed by atoms with Crippen molar-refractivity contribution in [3.63, 3.8) is 0 Å². The van der Waals surface area contributed by atoms with E-state index in [4.69, 9.17) is 15.6 Å².